The molecule has 3 aliphatic rings. The van der Waals surface area contributed by atoms with Gasteiger partial charge < -0.3 is 24.0 Å². The highest BCUT2D eigenvalue weighted by molar-refractivity contribution is 5.70. The van der Waals surface area contributed by atoms with Gasteiger partial charge in [-0.25, -0.2) is 4.79 Å². The van der Waals surface area contributed by atoms with Crippen molar-refractivity contribution >= 4 is 6.09 Å². The first kappa shape index (κ1) is 21.9. The van der Waals surface area contributed by atoms with E-state index in [1.807, 2.05) is 23.1 Å². The molecule has 3 aliphatic heterocycles. The number of carbonyl (C=O) groups is 1. The van der Waals surface area contributed by atoms with Gasteiger partial charge in [-0.15, -0.1) is 0 Å². The summed E-state index contributed by atoms with van der Waals surface area (Å²) in [4.78, 5) is 16.4. The smallest absolute Gasteiger partial charge is 0.410 e. The number of rotatable bonds is 8. The third-order valence-corrected chi connectivity index (χ3v) is 6.17. The monoisotopic (exact) mass is 404 g/mol. The molecule has 0 aromatic carbocycles. The van der Waals surface area contributed by atoms with Gasteiger partial charge in [-0.05, 0) is 50.3 Å². The van der Waals surface area contributed by atoms with Crippen LogP contribution < -0.4 is 0 Å². The van der Waals surface area contributed by atoms with Gasteiger partial charge in [0, 0.05) is 13.1 Å². The molecular formula is C23H36N2O4. The van der Waals surface area contributed by atoms with Crippen molar-refractivity contribution in [1.29, 1.82) is 0 Å². The first-order chi connectivity index (χ1) is 14.1. The highest BCUT2D eigenvalue weighted by atomic mass is 16.6. The Bertz CT molecular complexity index is 598. The number of amides is 1. The topological polar surface area (TPSA) is 51.2 Å². The van der Waals surface area contributed by atoms with Crippen molar-refractivity contribution in [2.24, 2.45) is 11.8 Å². The SMILES string of the molecule is C=C/C=C\C=C1/CO[C@@H](CN2CCC(CCN3C(=O)OC[C@@H]3C(C)C)CC2)CO1. The lowest BCUT2D eigenvalue weighted by Crippen LogP contribution is -2.43. The summed E-state index contributed by atoms with van der Waals surface area (Å²) in [6, 6.07) is 0.234. The molecule has 29 heavy (non-hydrogen) atoms. The third kappa shape index (κ3) is 6.34. The number of likely N-dealkylation sites (tertiary alicyclic amines) is 1. The molecule has 162 valence electrons. The van der Waals surface area contributed by atoms with E-state index in [4.69, 9.17) is 14.2 Å². The molecule has 0 saturated carbocycles. The Hall–Kier alpha value is -1.79. The molecule has 0 aromatic heterocycles. The van der Waals surface area contributed by atoms with Gasteiger partial charge in [-0.2, -0.15) is 0 Å². The molecule has 3 rings (SSSR count). The van der Waals surface area contributed by atoms with Gasteiger partial charge in [0.1, 0.15) is 31.7 Å². The van der Waals surface area contributed by atoms with E-state index in [0.717, 1.165) is 38.4 Å². The van der Waals surface area contributed by atoms with Crippen LogP contribution in [0.3, 0.4) is 0 Å². The second-order valence-electron chi connectivity index (χ2n) is 8.61. The van der Waals surface area contributed by atoms with E-state index in [1.54, 1.807) is 6.08 Å². The Balaban J connectivity index is 1.34. The predicted molar refractivity (Wildman–Crippen MR) is 114 cm³/mol. The zero-order valence-electron chi connectivity index (χ0n) is 17.9. The minimum absolute atomic E-state index is 0.135. The lowest BCUT2D eigenvalue weighted by atomic mass is 9.92. The molecule has 0 radical (unpaired) electrons. The Morgan fingerprint density at radius 2 is 1.97 bits per heavy atom. The Morgan fingerprint density at radius 1 is 1.17 bits per heavy atom. The zero-order chi connectivity index (χ0) is 20.6. The fourth-order valence-corrected chi connectivity index (χ4v) is 4.27. The molecule has 6 nitrogen and oxygen atoms in total. The van der Waals surface area contributed by atoms with Crippen LogP contribution in [-0.2, 0) is 14.2 Å². The second-order valence-corrected chi connectivity index (χ2v) is 8.61. The van der Waals surface area contributed by atoms with Gasteiger partial charge in [0.05, 0.1) is 6.04 Å². The van der Waals surface area contributed by atoms with E-state index >= 15 is 0 Å². The molecule has 1 amide bonds. The average molecular weight is 405 g/mol. The maximum absolute atomic E-state index is 12.0. The van der Waals surface area contributed by atoms with Crippen molar-refractivity contribution in [3.8, 4) is 0 Å². The highest BCUT2D eigenvalue weighted by Crippen LogP contribution is 2.25. The minimum Gasteiger partial charge on any atom is -0.493 e. The molecule has 0 aliphatic carbocycles. The van der Waals surface area contributed by atoms with Crippen molar-refractivity contribution in [2.45, 2.75) is 45.3 Å². The first-order valence-corrected chi connectivity index (χ1v) is 10.9. The fourth-order valence-electron chi connectivity index (χ4n) is 4.27. The molecule has 0 unspecified atom stereocenters. The summed E-state index contributed by atoms with van der Waals surface area (Å²) in [6.07, 6.45) is 10.9. The van der Waals surface area contributed by atoms with Gasteiger partial charge in [0.25, 0.3) is 0 Å². The predicted octanol–water partition coefficient (Wildman–Crippen LogP) is 3.61. The maximum Gasteiger partial charge on any atom is 0.410 e. The van der Waals surface area contributed by atoms with Gasteiger partial charge in [0.2, 0.25) is 0 Å². The Labute approximate surface area is 175 Å². The number of hydrogen-bond donors (Lipinski definition) is 0. The molecule has 0 N–H and O–H groups in total. The van der Waals surface area contributed by atoms with Crippen LogP contribution in [0.1, 0.15) is 33.1 Å². The van der Waals surface area contributed by atoms with Gasteiger partial charge in [-0.3, -0.25) is 0 Å². The van der Waals surface area contributed by atoms with Crippen molar-refractivity contribution in [2.75, 3.05) is 46.0 Å². The van der Waals surface area contributed by atoms with Crippen LogP contribution in [0.4, 0.5) is 4.79 Å². The van der Waals surface area contributed by atoms with Gasteiger partial charge in [0.15, 0.2) is 0 Å². The van der Waals surface area contributed by atoms with E-state index in [9.17, 15) is 4.79 Å². The van der Waals surface area contributed by atoms with Gasteiger partial charge >= 0.3 is 6.09 Å². The van der Waals surface area contributed by atoms with Crippen LogP contribution in [0.5, 0.6) is 0 Å². The number of hydrogen-bond acceptors (Lipinski definition) is 5. The zero-order valence-corrected chi connectivity index (χ0v) is 17.9. The quantitative estimate of drug-likeness (QED) is 0.579. The minimum atomic E-state index is -0.135. The van der Waals surface area contributed by atoms with Crippen molar-refractivity contribution < 1.29 is 19.0 Å². The number of nitrogens with zero attached hydrogens (tertiary/aromatic N) is 2. The van der Waals surface area contributed by atoms with E-state index in [-0.39, 0.29) is 18.2 Å². The molecule has 0 spiro atoms. The molecule has 6 heteroatoms. The lowest BCUT2D eigenvalue weighted by Gasteiger charge is -2.36. The fraction of sp³-hybridized carbons (Fsp3) is 0.696. The summed E-state index contributed by atoms with van der Waals surface area (Å²) in [6.45, 7) is 13.6. The number of allylic oxidation sites excluding steroid dienone is 4. The summed E-state index contributed by atoms with van der Waals surface area (Å²) >= 11 is 0. The molecule has 3 heterocycles. The summed E-state index contributed by atoms with van der Waals surface area (Å²) < 4.78 is 17.0. The summed E-state index contributed by atoms with van der Waals surface area (Å²) in [5, 5.41) is 0. The van der Waals surface area contributed by atoms with Crippen LogP contribution in [0.2, 0.25) is 0 Å². The number of carbonyl (C=O) groups excluding carboxylic acids is 1. The van der Waals surface area contributed by atoms with Crippen LogP contribution in [0.25, 0.3) is 0 Å². The van der Waals surface area contributed by atoms with E-state index in [1.165, 1.54) is 12.8 Å². The maximum atomic E-state index is 12.0. The summed E-state index contributed by atoms with van der Waals surface area (Å²) in [5.74, 6) is 2.00. The van der Waals surface area contributed by atoms with Crippen molar-refractivity contribution in [1.82, 2.24) is 9.80 Å². The van der Waals surface area contributed by atoms with Crippen LogP contribution >= 0.6 is 0 Å². The van der Waals surface area contributed by atoms with E-state index in [2.05, 4.69) is 25.3 Å². The Morgan fingerprint density at radius 3 is 2.62 bits per heavy atom. The first-order valence-electron chi connectivity index (χ1n) is 10.9. The third-order valence-electron chi connectivity index (χ3n) is 6.17. The van der Waals surface area contributed by atoms with Crippen molar-refractivity contribution in [3.05, 3.63) is 36.6 Å². The van der Waals surface area contributed by atoms with Crippen molar-refractivity contribution in [3.63, 3.8) is 0 Å². The molecular weight excluding hydrogens is 368 g/mol. The standard InChI is InChI=1S/C23H36N2O4/c1-4-5-6-7-20-15-28-21(16-27-20)14-24-11-8-19(9-12-24)10-13-25-22(18(2)3)17-29-23(25)26/h4-7,18-19,21-22H,1,8-17H2,2-3H3/b6-5-,20-7+/t21-,22+/m0/s1. The number of ether oxygens (including phenoxy) is 3. The molecule has 3 saturated heterocycles. The van der Waals surface area contributed by atoms with E-state index in [0.29, 0.717) is 31.7 Å². The van der Waals surface area contributed by atoms with Gasteiger partial charge in [-0.1, -0.05) is 38.7 Å². The van der Waals surface area contributed by atoms with Crippen LogP contribution in [-0.4, -0.2) is 74.0 Å². The Kier molecular flexibility index (Phi) is 8.19. The molecule has 0 bridgehead atoms. The molecule has 3 fully saturated rings. The van der Waals surface area contributed by atoms with Crippen LogP contribution in [0, 0.1) is 11.8 Å². The highest BCUT2D eigenvalue weighted by Gasteiger charge is 2.35. The van der Waals surface area contributed by atoms with Crippen LogP contribution in [0.15, 0.2) is 36.6 Å². The second kappa shape index (κ2) is 10.8. The lowest BCUT2D eigenvalue weighted by molar-refractivity contribution is -0.0656. The molecule has 0 aromatic rings. The summed E-state index contributed by atoms with van der Waals surface area (Å²) in [7, 11) is 0. The largest absolute Gasteiger partial charge is 0.493 e. The molecule has 2 atom stereocenters. The normalized spacial score (nSPS) is 28.3. The number of cyclic esters (lactones) is 1. The average Bonchev–Trinajstić information content (AvgIpc) is 3.10. The number of piperidine rings is 1. The summed E-state index contributed by atoms with van der Waals surface area (Å²) in [5.41, 5.74) is 0. The van der Waals surface area contributed by atoms with E-state index < -0.39 is 0 Å².